The molecule has 10 nitrogen and oxygen atoms in total. The number of carbonyl (C=O) groups is 1. The van der Waals surface area contributed by atoms with Gasteiger partial charge in [-0.2, -0.15) is 4.98 Å². The molecule has 0 bridgehead atoms. The van der Waals surface area contributed by atoms with Gasteiger partial charge < -0.3 is 29.0 Å². The number of aromatic amines is 1. The number of nitrogens with one attached hydrogen (secondary N) is 1. The van der Waals surface area contributed by atoms with Crippen LogP contribution in [0.3, 0.4) is 0 Å². The number of carbonyl (C=O) groups excluding carboxylic acids is 1. The van der Waals surface area contributed by atoms with Gasteiger partial charge in [-0.3, -0.25) is 4.79 Å². The van der Waals surface area contributed by atoms with Crippen LogP contribution in [0, 0.1) is 11.7 Å². The number of halogens is 1. The molecule has 1 N–H and O–H groups in total. The first-order valence-electron chi connectivity index (χ1n) is 13.4. The van der Waals surface area contributed by atoms with Crippen molar-refractivity contribution in [2.45, 2.75) is 32.0 Å². The number of nitrogens with zero attached hydrogens (tertiary/aromatic N) is 5. The fourth-order valence-corrected chi connectivity index (χ4v) is 4.72. The molecule has 2 aliphatic heterocycles. The van der Waals surface area contributed by atoms with Crippen LogP contribution in [0.4, 0.5) is 4.39 Å². The maximum atomic E-state index is 13.6. The topological polar surface area (TPSA) is 106 Å². The molecule has 2 saturated heterocycles. The van der Waals surface area contributed by atoms with Crippen LogP contribution in [0.15, 0.2) is 36.5 Å². The van der Waals surface area contributed by atoms with E-state index < -0.39 is 6.29 Å². The first-order chi connectivity index (χ1) is 19.0. The summed E-state index contributed by atoms with van der Waals surface area (Å²) in [4.78, 5) is 33.7. The molecule has 0 saturated carbocycles. The number of aromatic nitrogens is 4. The van der Waals surface area contributed by atoms with Gasteiger partial charge in [0, 0.05) is 31.4 Å². The van der Waals surface area contributed by atoms with Crippen LogP contribution >= 0.6 is 0 Å². The van der Waals surface area contributed by atoms with Gasteiger partial charge in [-0.05, 0) is 63.7 Å². The number of piperidine rings is 1. The molecule has 1 amide bonds. The first-order valence-corrected chi connectivity index (χ1v) is 13.4. The number of H-pyrrole nitrogens is 1. The highest BCUT2D eigenvalue weighted by Gasteiger charge is 2.32. The van der Waals surface area contributed by atoms with Crippen molar-refractivity contribution in [1.82, 2.24) is 29.7 Å². The predicted molar refractivity (Wildman–Crippen MR) is 142 cm³/mol. The van der Waals surface area contributed by atoms with Gasteiger partial charge in [-0.15, -0.1) is 0 Å². The third-order valence-electron chi connectivity index (χ3n) is 6.87. The summed E-state index contributed by atoms with van der Waals surface area (Å²) in [6, 6.07) is 8.19. The van der Waals surface area contributed by atoms with Gasteiger partial charge in [0.15, 0.2) is 6.29 Å². The normalized spacial score (nSPS) is 19.8. The van der Waals surface area contributed by atoms with Gasteiger partial charge in [0.1, 0.15) is 18.2 Å². The van der Waals surface area contributed by atoms with Crippen LogP contribution < -0.4 is 4.74 Å². The molecule has 0 unspecified atom stereocenters. The Balaban J connectivity index is 1.31. The molecule has 2 aliphatic rings. The predicted octanol–water partition coefficient (Wildman–Crippen LogP) is 3.16. The molecular formula is C28H35FN6O4. The second-order valence-electron chi connectivity index (χ2n) is 10.2. The average Bonchev–Trinajstić information content (AvgIpc) is 3.37. The van der Waals surface area contributed by atoms with E-state index in [1.807, 2.05) is 23.9 Å². The highest BCUT2D eigenvalue weighted by Crippen LogP contribution is 2.31. The molecular weight excluding hydrogens is 503 g/mol. The minimum Gasteiger partial charge on any atom is -0.462 e. The molecule has 5 rings (SSSR count). The van der Waals surface area contributed by atoms with E-state index in [9.17, 15) is 9.18 Å². The average molecular weight is 539 g/mol. The second kappa shape index (κ2) is 12.6. The zero-order valence-corrected chi connectivity index (χ0v) is 22.4. The number of amides is 1. The Bertz CT molecular complexity index is 1240. The molecule has 3 aromatic rings. The van der Waals surface area contributed by atoms with E-state index in [4.69, 9.17) is 19.2 Å². The van der Waals surface area contributed by atoms with Gasteiger partial charge in [-0.25, -0.2) is 14.4 Å². The number of rotatable bonds is 9. The van der Waals surface area contributed by atoms with Crippen molar-refractivity contribution >= 4 is 5.91 Å². The van der Waals surface area contributed by atoms with Crippen molar-refractivity contribution in [3.8, 4) is 28.7 Å². The van der Waals surface area contributed by atoms with Crippen molar-refractivity contribution in [1.29, 1.82) is 0 Å². The Morgan fingerprint density at radius 2 is 1.85 bits per heavy atom. The van der Waals surface area contributed by atoms with Crippen LogP contribution in [0.2, 0.25) is 0 Å². The van der Waals surface area contributed by atoms with Crippen molar-refractivity contribution in [2.24, 2.45) is 5.92 Å². The first kappa shape index (κ1) is 27.2. The second-order valence-corrected chi connectivity index (χ2v) is 10.2. The molecule has 39 heavy (non-hydrogen) atoms. The molecule has 0 radical (unpaired) electrons. The van der Waals surface area contributed by atoms with E-state index in [0.717, 1.165) is 38.0 Å². The molecule has 0 atom stereocenters. The van der Waals surface area contributed by atoms with Gasteiger partial charge in [0.05, 0.1) is 42.6 Å². The summed E-state index contributed by atoms with van der Waals surface area (Å²) in [5, 5.41) is 0. The summed E-state index contributed by atoms with van der Waals surface area (Å²) >= 11 is 0. The van der Waals surface area contributed by atoms with Gasteiger partial charge in [0.2, 0.25) is 5.91 Å². The van der Waals surface area contributed by atoms with E-state index in [-0.39, 0.29) is 23.7 Å². The van der Waals surface area contributed by atoms with Crippen LogP contribution in [0.1, 0.15) is 25.1 Å². The quantitative estimate of drug-likeness (QED) is 0.443. The Labute approximate surface area is 227 Å². The van der Waals surface area contributed by atoms with Gasteiger partial charge in [0.25, 0.3) is 0 Å². The maximum Gasteiger partial charge on any atom is 0.316 e. The lowest BCUT2D eigenvalue weighted by Crippen LogP contribution is -2.46. The minimum atomic E-state index is -0.536. The largest absolute Gasteiger partial charge is 0.462 e. The highest BCUT2D eigenvalue weighted by atomic mass is 19.1. The molecule has 0 spiro atoms. The third-order valence-corrected chi connectivity index (χ3v) is 6.87. The maximum absolute atomic E-state index is 13.6. The van der Waals surface area contributed by atoms with Crippen LogP contribution in [-0.2, 0) is 20.7 Å². The van der Waals surface area contributed by atoms with Crippen molar-refractivity contribution in [3.05, 3.63) is 48.2 Å². The van der Waals surface area contributed by atoms with E-state index in [1.165, 1.54) is 18.6 Å². The zero-order valence-electron chi connectivity index (χ0n) is 22.4. The smallest absolute Gasteiger partial charge is 0.316 e. The van der Waals surface area contributed by atoms with E-state index in [1.54, 1.807) is 24.4 Å². The summed E-state index contributed by atoms with van der Waals surface area (Å²) in [6.07, 6.45) is 4.73. The molecule has 208 valence electrons. The van der Waals surface area contributed by atoms with Crippen LogP contribution in [0.5, 0.6) is 6.01 Å². The fraction of sp³-hybridized carbons (Fsp3) is 0.500. The SMILES string of the molecule is CN(C)CCOc1nccc(-c2[nH]c(CC3OCC(C(=O)N4CCCCC4)CO3)nc2-c2ccc(F)cc2)n1. The highest BCUT2D eigenvalue weighted by molar-refractivity contribution is 5.79. The van der Waals surface area contributed by atoms with Crippen molar-refractivity contribution in [2.75, 3.05) is 53.6 Å². The van der Waals surface area contributed by atoms with E-state index in [2.05, 4.69) is 15.0 Å². The number of hydrogen-bond donors (Lipinski definition) is 1. The molecule has 2 aromatic heterocycles. The number of imidazole rings is 1. The standard InChI is InChI=1S/C28H35FN6O4/c1-34(2)14-15-37-28-30-11-10-22(31-28)26-25(19-6-8-21(29)9-7-19)32-23(33-26)16-24-38-17-20(18-39-24)27(36)35-12-4-3-5-13-35/h6-11,20,24H,3-5,12-18H2,1-2H3,(H,32,33). The Kier molecular flexibility index (Phi) is 8.80. The Hall–Kier alpha value is -3.41. The molecule has 1 aromatic carbocycles. The number of likely N-dealkylation sites (tertiary alicyclic amines) is 1. The Morgan fingerprint density at radius 3 is 2.56 bits per heavy atom. The van der Waals surface area contributed by atoms with Crippen LogP contribution in [-0.4, -0.2) is 95.5 Å². The summed E-state index contributed by atoms with van der Waals surface area (Å²) < 4.78 is 31.2. The monoisotopic (exact) mass is 538 g/mol. The van der Waals surface area contributed by atoms with Gasteiger partial charge >= 0.3 is 6.01 Å². The van der Waals surface area contributed by atoms with Gasteiger partial charge in [-0.1, -0.05) is 0 Å². The summed E-state index contributed by atoms with van der Waals surface area (Å²) in [7, 11) is 3.93. The summed E-state index contributed by atoms with van der Waals surface area (Å²) in [5.74, 6) is 0.128. The van der Waals surface area contributed by atoms with Crippen LogP contribution in [0.25, 0.3) is 22.6 Å². The number of hydrogen-bond acceptors (Lipinski definition) is 8. The Morgan fingerprint density at radius 1 is 1.10 bits per heavy atom. The minimum absolute atomic E-state index is 0.111. The molecule has 11 heteroatoms. The number of benzene rings is 1. The summed E-state index contributed by atoms with van der Waals surface area (Å²) in [5.41, 5.74) is 2.61. The van der Waals surface area contributed by atoms with Crippen molar-refractivity contribution in [3.63, 3.8) is 0 Å². The molecule has 4 heterocycles. The molecule has 0 aliphatic carbocycles. The number of ether oxygens (including phenoxy) is 3. The van der Waals surface area contributed by atoms with E-state index >= 15 is 0 Å². The third kappa shape index (κ3) is 6.97. The van der Waals surface area contributed by atoms with Crippen molar-refractivity contribution < 1.29 is 23.4 Å². The lowest BCUT2D eigenvalue weighted by Gasteiger charge is -2.34. The summed E-state index contributed by atoms with van der Waals surface area (Å²) in [6.45, 7) is 3.44. The number of likely N-dealkylation sites (N-methyl/N-ethyl adjacent to an activating group) is 1. The lowest BCUT2D eigenvalue weighted by atomic mass is 10.1. The molecule has 2 fully saturated rings. The fourth-order valence-electron chi connectivity index (χ4n) is 4.72. The zero-order chi connectivity index (χ0) is 27.2. The lowest BCUT2D eigenvalue weighted by molar-refractivity contribution is -0.204. The van der Waals surface area contributed by atoms with E-state index in [0.29, 0.717) is 49.1 Å².